The Morgan fingerprint density at radius 1 is 0.387 bits per heavy atom. The van der Waals surface area contributed by atoms with Crippen LogP contribution in [0.4, 0.5) is 0 Å². The van der Waals surface area contributed by atoms with Crippen molar-refractivity contribution in [2.45, 2.75) is 216 Å². The van der Waals surface area contributed by atoms with Crippen LogP contribution in [-0.2, 0) is 71.1 Å². The molecular formula is C42H70O33. The zero-order chi connectivity index (χ0) is 55.1. The predicted molar refractivity (Wildman–Crippen MR) is 227 cm³/mol. The molecule has 7 aliphatic rings. The lowest BCUT2D eigenvalue weighted by atomic mass is 9.95. The third-order valence-electron chi connectivity index (χ3n) is 14.2. The Morgan fingerprint density at radius 3 is 1.36 bits per heavy atom. The average molecular weight is 1100 g/mol. The van der Waals surface area contributed by atoms with E-state index in [0.717, 1.165) is 7.11 Å². The summed E-state index contributed by atoms with van der Waals surface area (Å²) in [6.07, 6.45) is -58.2. The van der Waals surface area contributed by atoms with Gasteiger partial charge in [-0.3, -0.25) is 0 Å². The quantitative estimate of drug-likeness (QED) is 0.0643. The Kier molecular flexibility index (Phi) is 20.9. The highest BCUT2D eigenvalue weighted by Crippen LogP contribution is 2.38. The maximum atomic E-state index is 12.6. The van der Waals surface area contributed by atoms with Gasteiger partial charge in [-0.15, -0.1) is 0 Å². The molecular weight excluding hydrogens is 1030 g/mol. The van der Waals surface area contributed by atoms with Gasteiger partial charge in [0.2, 0.25) is 0 Å². The topological polar surface area (TPSA) is 510 Å². The number of rotatable bonds is 17. The number of methoxy groups -OCH3 is 1. The highest BCUT2D eigenvalue weighted by atomic mass is 16.8. The van der Waals surface area contributed by atoms with Gasteiger partial charge in [0.25, 0.3) is 0 Å². The molecule has 0 saturated carbocycles. The van der Waals surface area contributed by atoms with Crippen molar-refractivity contribution in [1.29, 1.82) is 0 Å². The largest absolute Gasteiger partial charge is 0.479 e. The number of hydrogen-bond acceptors (Lipinski definition) is 32. The van der Waals surface area contributed by atoms with E-state index in [0.29, 0.717) is 0 Å². The molecule has 0 aromatic carbocycles. The molecule has 0 radical (unpaired) electrons. The Morgan fingerprint density at radius 2 is 0.813 bits per heavy atom. The van der Waals surface area contributed by atoms with Crippen LogP contribution < -0.4 is 0 Å². The van der Waals surface area contributed by atoms with Gasteiger partial charge in [0.15, 0.2) is 43.8 Å². The van der Waals surface area contributed by atoms with Gasteiger partial charge in [0, 0.05) is 7.11 Å². The van der Waals surface area contributed by atoms with Crippen molar-refractivity contribution >= 4 is 5.97 Å². The number of aliphatic hydroxyl groups is 17. The average Bonchev–Trinajstić information content (AvgIpc) is 3.38. The fourth-order valence-electron chi connectivity index (χ4n) is 9.72. The van der Waals surface area contributed by atoms with Crippen LogP contribution in [-0.4, -0.2) is 341 Å². The van der Waals surface area contributed by atoms with Crippen LogP contribution in [0.3, 0.4) is 0 Å². The van der Waals surface area contributed by atoms with Crippen molar-refractivity contribution in [1.82, 2.24) is 0 Å². The van der Waals surface area contributed by atoms with Gasteiger partial charge >= 0.3 is 5.97 Å². The molecule has 7 aliphatic heterocycles. The highest BCUT2D eigenvalue weighted by molar-refractivity contribution is 5.73. The van der Waals surface area contributed by atoms with Crippen LogP contribution in [0.1, 0.15) is 13.8 Å². The summed E-state index contributed by atoms with van der Waals surface area (Å²) in [5, 5.41) is 190. The second kappa shape index (κ2) is 25.8. The molecule has 7 rings (SSSR count). The third-order valence-corrected chi connectivity index (χ3v) is 14.2. The van der Waals surface area contributed by atoms with E-state index in [1.165, 1.54) is 13.8 Å². The number of carboxylic acid groups (broad SMARTS) is 1. The molecule has 7 heterocycles. The van der Waals surface area contributed by atoms with Crippen molar-refractivity contribution in [3.8, 4) is 0 Å². The highest BCUT2D eigenvalue weighted by Gasteiger charge is 2.58. The van der Waals surface area contributed by atoms with Crippen LogP contribution >= 0.6 is 0 Å². The Balaban J connectivity index is 1.02. The first-order chi connectivity index (χ1) is 35.5. The molecule has 75 heavy (non-hydrogen) atoms. The smallest absolute Gasteiger partial charge is 0.335 e. The zero-order valence-corrected chi connectivity index (χ0v) is 40.3. The summed E-state index contributed by atoms with van der Waals surface area (Å²) in [5.41, 5.74) is 0. The normalized spacial score (nSPS) is 53.1. The van der Waals surface area contributed by atoms with Crippen molar-refractivity contribution in [2.75, 3.05) is 40.1 Å². The van der Waals surface area contributed by atoms with Gasteiger partial charge < -0.3 is 158 Å². The molecule has 7 saturated heterocycles. The number of ether oxygens (including phenoxy) is 14. The fourth-order valence-corrected chi connectivity index (χ4v) is 9.72. The monoisotopic (exact) mass is 1100 g/mol. The van der Waals surface area contributed by atoms with Gasteiger partial charge in [0.05, 0.1) is 45.2 Å². The first-order valence-corrected chi connectivity index (χ1v) is 24.0. The maximum Gasteiger partial charge on any atom is 0.335 e. The summed E-state index contributed by atoms with van der Waals surface area (Å²) in [6.45, 7) is -0.956. The van der Waals surface area contributed by atoms with E-state index in [1.54, 1.807) is 0 Å². The molecule has 0 aromatic rings. The van der Waals surface area contributed by atoms with E-state index in [4.69, 9.17) is 66.3 Å². The molecule has 33 nitrogen and oxygen atoms in total. The maximum absolute atomic E-state index is 12.6. The van der Waals surface area contributed by atoms with Gasteiger partial charge in [-0.1, -0.05) is 0 Å². The molecule has 33 heteroatoms. The SMILES string of the molecule is CO[C@@H]1[C@H](O[C@@H]2CO[C@@H](O[C@H]3[C@H](O)[C@@H](O)[C@@H](O[C@@H]4CO[C@H](CO)[C@@H](O[C@@H]5O[C@@H](C)[C@H](O)[C@@H](O)[C@H]5O)[C@@H]4O)O[C@@H]3C(=O)O)[C@H](O)[C@H]2O)O[C@@H](C)[C@@H](O[C@@H]2O[C@H](CO)[C@@H](O)[C@H](O)[C@H]2O)[C@H]1O[C@H]1O[C@H](CO)[C@H](O)[C@H](O)[C@H]1O. The Hall–Kier alpha value is -1.77. The van der Waals surface area contributed by atoms with E-state index < -0.39 is 242 Å². The summed E-state index contributed by atoms with van der Waals surface area (Å²) in [7, 11) is 1.12. The Bertz CT molecular complexity index is 1790. The molecule has 0 spiro atoms. The molecule has 0 bridgehead atoms. The van der Waals surface area contributed by atoms with E-state index in [1.807, 2.05) is 0 Å². The van der Waals surface area contributed by atoms with Crippen molar-refractivity contribution in [3.05, 3.63) is 0 Å². The van der Waals surface area contributed by atoms with Crippen molar-refractivity contribution in [3.63, 3.8) is 0 Å². The standard InChI is InChI=1S/C42H70O33/c1-9-16(46)21(51)26(56)38(65-9)72-31-13(6-45)63-7-15(20(31)50)69-41-29(59)24(54)32(34(75-41)36(60)61)73-37-25(55)19(49)14(8-64-37)70-42-35(62-3)33(74-40-28(58)23(53)18(48)12(5-44)68-40)30(10(2)66-42)71-39-27(57)22(52)17(47)11(4-43)67-39/h9-35,37-59H,4-8H2,1-3H3,(H,60,61)/t9-,10-,11+,12+,13+,14+,15+,16-,17+,18-,19-,20+,21+,22-,23-,24+,25+,26+,27+,28+,29+,30+,31+,32-,33+,34-,35-,37-,38-,39-,40+,41-,42-/m0/s1. The molecule has 0 aromatic heterocycles. The summed E-state index contributed by atoms with van der Waals surface area (Å²) in [5.74, 6) is -1.81. The van der Waals surface area contributed by atoms with E-state index in [2.05, 4.69) is 0 Å². The van der Waals surface area contributed by atoms with Gasteiger partial charge in [-0.25, -0.2) is 4.79 Å². The molecule has 33 atom stereocenters. The van der Waals surface area contributed by atoms with Gasteiger partial charge in [-0.05, 0) is 13.8 Å². The van der Waals surface area contributed by atoms with Crippen LogP contribution in [0.25, 0.3) is 0 Å². The lowest BCUT2D eigenvalue weighted by Crippen LogP contribution is -2.68. The predicted octanol–water partition coefficient (Wildman–Crippen LogP) is -12.2. The fraction of sp³-hybridized carbons (Fsp3) is 0.976. The number of hydrogen-bond donors (Lipinski definition) is 18. The number of aliphatic carboxylic acids is 1. The molecule has 0 aliphatic carbocycles. The Labute approximate surface area is 425 Å². The first kappa shape index (κ1) is 60.9. The number of carbonyl (C=O) groups is 1. The molecule has 0 amide bonds. The van der Waals surface area contributed by atoms with E-state index in [-0.39, 0.29) is 0 Å². The molecule has 7 fully saturated rings. The number of carboxylic acids is 1. The van der Waals surface area contributed by atoms with E-state index >= 15 is 0 Å². The lowest BCUT2D eigenvalue weighted by Gasteiger charge is -2.50. The van der Waals surface area contributed by atoms with Crippen LogP contribution in [0.5, 0.6) is 0 Å². The van der Waals surface area contributed by atoms with Gasteiger partial charge in [0.1, 0.15) is 146 Å². The second-order valence-corrected chi connectivity index (χ2v) is 19.2. The van der Waals surface area contributed by atoms with Crippen LogP contribution in [0, 0.1) is 0 Å². The number of aliphatic hydroxyl groups excluding tert-OH is 17. The minimum absolute atomic E-state index is 0.542. The zero-order valence-electron chi connectivity index (χ0n) is 40.3. The molecule has 18 N–H and O–H groups in total. The van der Waals surface area contributed by atoms with Gasteiger partial charge in [-0.2, -0.15) is 0 Å². The summed E-state index contributed by atoms with van der Waals surface area (Å²) < 4.78 is 80.0. The third kappa shape index (κ3) is 12.6. The van der Waals surface area contributed by atoms with Crippen LogP contribution in [0.15, 0.2) is 0 Å². The summed E-state index contributed by atoms with van der Waals surface area (Å²) in [6, 6.07) is 0. The lowest BCUT2D eigenvalue weighted by molar-refractivity contribution is -0.396. The van der Waals surface area contributed by atoms with E-state index in [9.17, 15) is 96.7 Å². The minimum Gasteiger partial charge on any atom is -0.479 e. The summed E-state index contributed by atoms with van der Waals surface area (Å²) >= 11 is 0. The van der Waals surface area contributed by atoms with Crippen molar-refractivity contribution < 1.29 is 163 Å². The summed E-state index contributed by atoms with van der Waals surface area (Å²) in [4.78, 5) is 12.6. The molecule has 436 valence electrons. The molecule has 0 unspecified atom stereocenters. The van der Waals surface area contributed by atoms with Crippen molar-refractivity contribution in [2.24, 2.45) is 0 Å². The van der Waals surface area contributed by atoms with Crippen LogP contribution in [0.2, 0.25) is 0 Å². The second-order valence-electron chi connectivity index (χ2n) is 19.2. The minimum atomic E-state index is -2.23. The first-order valence-electron chi connectivity index (χ1n) is 24.0.